The van der Waals surface area contributed by atoms with Crippen molar-refractivity contribution in [2.75, 3.05) is 6.61 Å². The molecule has 1 atom stereocenters. The number of carbonyl (C=O) groups is 1. The SMILES string of the molecule is CCC1CC(=O)CCO1. The Labute approximate surface area is 55.2 Å². The van der Waals surface area contributed by atoms with Gasteiger partial charge in [0.2, 0.25) is 0 Å². The summed E-state index contributed by atoms with van der Waals surface area (Å²) in [7, 11) is 0. The van der Waals surface area contributed by atoms with E-state index in [1.165, 1.54) is 0 Å². The van der Waals surface area contributed by atoms with E-state index in [1.54, 1.807) is 0 Å². The predicted molar refractivity (Wildman–Crippen MR) is 34.3 cm³/mol. The molecule has 52 valence electrons. The predicted octanol–water partition coefficient (Wildman–Crippen LogP) is 1.14. The number of carbonyl (C=O) groups excluding carboxylic acids is 1. The van der Waals surface area contributed by atoms with Gasteiger partial charge in [0.1, 0.15) is 5.78 Å². The van der Waals surface area contributed by atoms with Gasteiger partial charge >= 0.3 is 0 Å². The average Bonchev–Trinajstić information content (AvgIpc) is 1.88. The standard InChI is InChI=1S/C7H12O2/c1-2-7-5-6(8)3-4-9-7/h7H,2-5H2,1H3. The van der Waals surface area contributed by atoms with E-state index in [9.17, 15) is 4.79 Å². The van der Waals surface area contributed by atoms with Crippen LogP contribution in [0.25, 0.3) is 0 Å². The van der Waals surface area contributed by atoms with Crippen molar-refractivity contribution in [3.63, 3.8) is 0 Å². The van der Waals surface area contributed by atoms with Gasteiger partial charge in [0.15, 0.2) is 0 Å². The van der Waals surface area contributed by atoms with E-state index >= 15 is 0 Å². The third-order valence-corrected chi connectivity index (χ3v) is 1.65. The van der Waals surface area contributed by atoms with Gasteiger partial charge in [0, 0.05) is 12.8 Å². The third-order valence-electron chi connectivity index (χ3n) is 1.65. The molecular formula is C7H12O2. The zero-order valence-corrected chi connectivity index (χ0v) is 5.72. The maximum atomic E-state index is 10.8. The lowest BCUT2D eigenvalue weighted by Gasteiger charge is -2.19. The molecule has 0 bridgehead atoms. The third kappa shape index (κ3) is 1.79. The highest BCUT2D eigenvalue weighted by molar-refractivity contribution is 5.79. The fraction of sp³-hybridized carbons (Fsp3) is 0.857. The first-order chi connectivity index (χ1) is 4.33. The summed E-state index contributed by atoms with van der Waals surface area (Å²) in [5.41, 5.74) is 0. The zero-order chi connectivity index (χ0) is 6.69. The van der Waals surface area contributed by atoms with Crippen LogP contribution >= 0.6 is 0 Å². The monoisotopic (exact) mass is 128 g/mol. The van der Waals surface area contributed by atoms with Crippen LogP contribution in [0.3, 0.4) is 0 Å². The van der Waals surface area contributed by atoms with Gasteiger partial charge in [-0.15, -0.1) is 0 Å². The van der Waals surface area contributed by atoms with Crippen LogP contribution in [0.15, 0.2) is 0 Å². The molecule has 1 fully saturated rings. The van der Waals surface area contributed by atoms with E-state index < -0.39 is 0 Å². The molecule has 0 amide bonds. The smallest absolute Gasteiger partial charge is 0.137 e. The molecule has 1 rings (SSSR count). The molecule has 1 aliphatic rings. The van der Waals surface area contributed by atoms with E-state index in [2.05, 4.69) is 0 Å². The van der Waals surface area contributed by atoms with Gasteiger partial charge in [-0.25, -0.2) is 0 Å². The van der Waals surface area contributed by atoms with Crippen molar-refractivity contribution in [1.82, 2.24) is 0 Å². The summed E-state index contributed by atoms with van der Waals surface area (Å²) in [6.45, 7) is 2.68. The molecule has 0 aromatic rings. The maximum Gasteiger partial charge on any atom is 0.137 e. The number of hydrogen-bond donors (Lipinski definition) is 0. The van der Waals surface area contributed by atoms with Crippen molar-refractivity contribution in [1.29, 1.82) is 0 Å². The molecule has 0 spiro atoms. The zero-order valence-electron chi connectivity index (χ0n) is 5.72. The lowest BCUT2D eigenvalue weighted by atomic mass is 10.1. The van der Waals surface area contributed by atoms with Gasteiger partial charge in [-0.05, 0) is 6.42 Å². The van der Waals surface area contributed by atoms with E-state index in [-0.39, 0.29) is 6.10 Å². The summed E-state index contributed by atoms with van der Waals surface area (Å²) in [6, 6.07) is 0. The van der Waals surface area contributed by atoms with Crippen LogP contribution < -0.4 is 0 Å². The molecule has 1 unspecified atom stereocenters. The van der Waals surface area contributed by atoms with Crippen molar-refractivity contribution < 1.29 is 9.53 Å². The van der Waals surface area contributed by atoms with E-state index in [0.29, 0.717) is 25.2 Å². The molecule has 2 nitrogen and oxygen atoms in total. The molecule has 0 saturated carbocycles. The molecule has 0 aromatic heterocycles. The van der Waals surface area contributed by atoms with Gasteiger partial charge in [0.25, 0.3) is 0 Å². The molecule has 9 heavy (non-hydrogen) atoms. The van der Waals surface area contributed by atoms with Crippen molar-refractivity contribution in [3.8, 4) is 0 Å². The van der Waals surface area contributed by atoms with Crippen LogP contribution in [0, 0.1) is 0 Å². The molecular weight excluding hydrogens is 116 g/mol. The van der Waals surface area contributed by atoms with Crippen LogP contribution in [0.4, 0.5) is 0 Å². The highest BCUT2D eigenvalue weighted by atomic mass is 16.5. The topological polar surface area (TPSA) is 26.3 Å². The molecule has 1 heterocycles. The largest absolute Gasteiger partial charge is 0.377 e. The Bertz CT molecular complexity index is 109. The van der Waals surface area contributed by atoms with Crippen LogP contribution in [0.2, 0.25) is 0 Å². The Kier molecular flexibility index (Phi) is 2.22. The van der Waals surface area contributed by atoms with Crippen LogP contribution in [0.5, 0.6) is 0 Å². The molecule has 1 aliphatic heterocycles. The van der Waals surface area contributed by atoms with E-state index in [4.69, 9.17) is 4.74 Å². The Morgan fingerprint density at radius 1 is 1.78 bits per heavy atom. The minimum Gasteiger partial charge on any atom is -0.377 e. The van der Waals surface area contributed by atoms with Gasteiger partial charge in [0.05, 0.1) is 12.7 Å². The van der Waals surface area contributed by atoms with Crippen molar-refractivity contribution in [2.45, 2.75) is 32.3 Å². The quantitative estimate of drug-likeness (QED) is 0.529. The summed E-state index contributed by atoms with van der Waals surface area (Å²) in [5, 5.41) is 0. The summed E-state index contributed by atoms with van der Waals surface area (Å²) in [5.74, 6) is 0.355. The molecule has 0 aliphatic carbocycles. The van der Waals surface area contributed by atoms with Gasteiger partial charge < -0.3 is 4.74 Å². The Morgan fingerprint density at radius 3 is 3.00 bits per heavy atom. The Morgan fingerprint density at radius 2 is 2.56 bits per heavy atom. The summed E-state index contributed by atoms with van der Waals surface area (Å²) < 4.78 is 5.28. The van der Waals surface area contributed by atoms with E-state index in [1.807, 2.05) is 6.92 Å². The highest BCUT2D eigenvalue weighted by Crippen LogP contribution is 2.11. The lowest BCUT2D eigenvalue weighted by molar-refractivity contribution is -0.128. The van der Waals surface area contributed by atoms with Crippen molar-refractivity contribution >= 4 is 5.78 Å². The molecule has 0 N–H and O–H groups in total. The Balaban J connectivity index is 2.32. The number of hydrogen-bond acceptors (Lipinski definition) is 2. The Hall–Kier alpha value is -0.370. The first-order valence-electron chi connectivity index (χ1n) is 3.46. The first kappa shape index (κ1) is 6.75. The highest BCUT2D eigenvalue weighted by Gasteiger charge is 2.17. The second-order valence-corrected chi connectivity index (χ2v) is 2.39. The van der Waals surface area contributed by atoms with Crippen LogP contribution in [-0.2, 0) is 9.53 Å². The minimum absolute atomic E-state index is 0.214. The summed E-state index contributed by atoms with van der Waals surface area (Å²) in [4.78, 5) is 10.8. The lowest BCUT2D eigenvalue weighted by Crippen LogP contribution is -2.24. The summed E-state index contributed by atoms with van der Waals surface area (Å²) in [6.07, 6.45) is 2.44. The number of ether oxygens (including phenoxy) is 1. The molecule has 0 radical (unpaired) electrons. The maximum absolute atomic E-state index is 10.8. The fourth-order valence-electron chi connectivity index (χ4n) is 1.02. The van der Waals surface area contributed by atoms with Crippen molar-refractivity contribution in [2.24, 2.45) is 0 Å². The van der Waals surface area contributed by atoms with E-state index in [0.717, 1.165) is 6.42 Å². The fourth-order valence-corrected chi connectivity index (χ4v) is 1.02. The van der Waals surface area contributed by atoms with Crippen LogP contribution in [-0.4, -0.2) is 18.5 Å². The number of Topliss-reactive ketones (excluding diaryl/α,β-unsaturated/α-hetero) is 1. The van der Waals surface area contributed by atoms with Gasteiger partial charge in [-0.3, -0.25) is 4.79 Å². The number of ketones is 1. The van der Waals surface area contributed by atoms with Crippen molar-refractivity contribution in [3.05, 3.63) is 0 Å². The molecule has 0 aromatic carbocycles. The second-order valence-electron chi connectivity index (χ2n) is 2.39. The number of rotatable bonds is 1. The van der Waals surface area contributed by atoms with Crippen LogP contribution in [0.1, 0.15) is 26.2 Å². The molecule has 2 heteroatoms. The first-order valence-corrected chi connectivity index (χ1v) is 3.46. The second kappa shape index (κ2) is 2.97. The normalized spacial score (nSPS) is 28.6. The minimum atomic E-state index is 0.214. The summed E-state index contributed by atoms with van der Waals surface area (Å²) >= 11 is 0. The molecule has 1 saturated heterocycles. The van der Waals surface area contributed by atoms with Gasteiger partial charge in [-0.2, -0.15) is 0 Å². The van der Waals surface area contributed by atoms with Gasteiger partial charge in [-0.1, -0.05) is 6.92 Å². The average molecular weight is 128 g/mol.